The molecule has 0 fully saturated rings. The zero-order valence-corrected chi connectivity index (χ0v) is 12.8. The number of benzene rings is 1. The number of nitrogens with one attached hydrogen (secondary N) is 1. The van der Waals surface area contributed by atoms with E-state index in [-0.39, 0.29) is 19.1 Å². The second-order valence-electron chi connectivity index (χ2n) is 5.26. The molecule has 0 aliphatic heterocycles. The number of carbonyl (C=O) groups is 1. The van der Waals surface area contributed by atoms with Gasteiger partial charge in [0.1, 0.15) is 5.75 Å². The second kappa shape index (κ2) is 7.90. The highest BCUT2D eigenvalue weighted by atomic mass is 16.5. The van der Waals surface area contributed by atoms with E-state index in [1.807, 2.05) is 39.8 Å². The standard InChI is InChI=1S/C16H25NO3/c1-5-6-14(18)9-17-15(19)10-20-16-12(3)7-11(2)8-13(16)4/h7-8,14,18H,5-6,9-10H2,1-4H3,(H,17,19). The first-order valence-electron chi connectivity index (χ1n) is 7.09. The summed E-state index contributed by atoms with van der Waals surface area (Å²) in [6.07, 6.45) is 1.11. The highest BCUT2D eigenvalue weighted by molar-refractivity contribution is 5.77. The largest absolute Gasteiger partial charge is 0.483 e. The number of carbonyl (C=O) groups excluding carboxylic acids is 1. The molecule has 0 saturated heterocycles. The molecule has 1 aromatic rings. The smallest absolute Gasteiger partial charge is 0.258 e. The van der Waals surface area contributed by atoms with Gasteiger partial charge in [-0.2, -0.15) is 0 Å². The number of aliphatic hydroxyl groups is 1. The van der Waals surface area contributed by atoms with Crippen LogP contribution in [-0.2, 0) is 4.79 Å². The van der Waals surface area contributed by atoms with Crippen molar-refractivity contribution < 1.29 is 14.6 Å². The first kappa shape index (κ1) is 16.5. The molecule has 0 aliphatic rings. The number of hydrogen-bond donors (Lipinski definition) is 2. The molecule has 0 radical (unpaired) electrons. The van der Waals surface area contributed by atoms with Crippen molar-refractivity contribution in [2.24, 2.45) is 0 Å². The molecule has 1 unspecified atom stereocenters. The zero-order valence-electron chi connectivity index (χ0n) is 12.8. The lowest BCUT2D eigenvalue weighted by Crippen LogP contribution is -2.35. The van der Waals surface area contributed by atoms with Gasteiger partial charge in [0.2, 0.25) is 0 Å². The van der Waals surface area contributed by atoms with Gasteiger partial charge in [-0.3, -0.25) is 4.79 Å². The van der Waals surface area contributed by atoms with Gasteiger partial charge in [-0.1, -0.05) is 31.0 Å². The topological polar surface area (TPSA) is 58.6 Å². The number of aliphatic hydroxyl groups excluding tert-OH is 1. The van der Waals surface area contributed by atoms with Crippen molar-refractivity contribution in [3.63, 3.8) is 0 Å². The van der Waals surface area contributed by atoms with E-state index in [0.717, 1.165) is 23.3 Å². The highest BCUT2D eigenvalue weighted by Crippen LogP contribution is 2.24. The monoisotopic (exact) mass is 279 g/mol. The van der Waals surface area contributed by atoms with Gasteiger partial charge in [-0.25, -0.2) is 0 Å². The molecule has 4 nitrogen and oxygen atoms in total. The molecule has 1 rings (SSSR count). The average molecular weight is 279 g/mol. The Labute approximate surface area is 121 Å². The minimum absolute atomic E-state index is 0.0242. The Morgan fingerprint density at radius 2 is 1.90 bits per heavy atom. The predicted octanol–water partition coefficient (Wildman–Crippen LogP) is 2.27. The van der Waals surface area contributed by atoms with Crippen molar-refractivity contribution in [2.75, 3.05) is 13.2 Å². The summed E-state index contributed by atoms with van der Waals surface area (Å²) < 4.78 is 5.58. The van der Waals surface area contributed by atoms with Crippen LogP contribution in [0.5, 0.6) is 5.75 Å². The molecule has 0 aromatic heterocycles. The van der Waals surface area contributed by atoms with Crippen LogP contribution >= 0.6 is 0 Å². The summed E-state index contributed by atoms with van der Waals surface area (Å²) in [6, 6.07) is 4.07. The number of ether oxygens (including phenoxy) is 1. The number of hydrogen-bond acceptors (Lipinski definition) is 3. The molecule has 2 N–H and O–H groups in total. The fourth-order valence-corrected chi connectivity index (χ4v) is 2.25. The van der Waals surface area contributed by atoms with Crippen molar-refractivity contribution in [2.45, 2.75) is 46.6 Å². The number of rotatable bonds is 7. The molecule has 1 amide bonds. The van der Waals surface area contributed by atoms with E-state index in [1.54, 1.807) is 0 Å². The molecule has 4 heteroatoms. The van der Waals surface area contributed by atoms with Crippen molar-refractivity contribution in [1.29, 1.82) is 0 Å². The Morgan fingerprint density at radius 1 is 1.30 bits per heavy atom. The maximum Gasteiger partial charge on any atom is 0.258 e. The molecule has 0 heterocycles. The molecule has 1 atom stereocenters. The van der Waals surface area contributed by atoms with E-state index in [1.165, 1.54) is 5.56 Å². The minimum atomic E-state index is -0.480. The molecule has 0 aliphatic carbocycles. The molecule has 0 saturated carbocycles. The fourth-order valence-electron chi connectivity index (χ4n) is 2.25. The summed E-state index contributed by atoms with van der Waals surface area (Å²) in [6.45, 7) is 8.23. The van der Waals surface area contributed by atoms with Crippen molar-refractivity contribution in [3.8, 4) is 5.75 Å². The maximum atomic E-state index is 11.7. The first-order valence-corrected chi connectivity index (χ1v) is 7.09. The van der Waals surface area contributed by atoms with E-state index in [4.69, 9.17) is 4.74 Å². The summed E-state index contributed by atoms with van der Waals surface area (Å²) in [5.41, 5.74) is 3.24. The molecule has 1 aromatic carbocycles. The summed E-state index contributed by atoms with van der Waals surface area (Å²) >= 11 is 0. The van der Waals surface area contributed by atoms with Crippen LogP contribution in [0.2, 0.25) is 0 Å². The van der Waals surface area contributed by atoms with Crippen molar-refractivity contribution in [1.82, 2.24) is 5.32 Å². The SMILES string of the molecule is CCCC(O)CNC(=O)COc1c(C)cc(C)cc1C. The molecular weight excluding hydrogens is 254 g/mol. The van der Waals surface area contributed by atoms with Gasteiger partial charge < -0.3 is 15.2 Å². The lowest BCUT2D eigenvalue weighted by Gasteiger charge is -2.14. The summed E-state index contributed by atoms with van der Waals surface area (Å²) in [5, 5.41) is 12.2. The number of amides is 1. The summed E-state index contributed by atoms with van der Waals surface area (Å²) in [5.74, 6) is 0.555. The Balaban J connectivity index is 2.45. The van der Waals surface area contributed by atoms with Crippen LogP contribution in [0, 0.1) is 20.8 Å². The Bertz CT molecular complexity index is 434. The van der Waals surface area contributed by atoms with E-state index >= 15 is 0 Å². The van der Waals surface area contributed by atoms with Gasteiger partial charge in [0, 0.05) is 6.54 Å². The normalized spacial score (nSPS) is 12.1. The molecular formula is C16H25NO3. The first-order chi connectivity index (χ1) is 9.43. The Kier molecular flexibility index (Phi) is 6.52. The van der Waals surface area contributed by atoms with Crippen LogP contribution in [0.4, 0.5) is 0 Å². The molecule has 0 spiro atoms. The van der Waals surface area contributed by atoms with Gasteiger partial charge in [-0.15, -0.1) is 0 Å². The van der Waals surface area contributed by atoms with Gasteiger partial charge in [0.05, 0.1) is 6.10 Å². The van der Waals surface area contributed by atoms with Crippen LogP contribution in [0.3, 0.4) is 0 Å². The Morgan fingerprint density at radius 3 is 2.45 bits per heavy atom. The highest BCUT2D eigenvalue weighted by Gasteiger charge is 2.09. The third-order valence-electron chi connectivity index (χ3n) is 3.11. The third kappa shape index (κ3) is 5.21. The zero-order chi connectivity index (χ0) is 15.1. The quantitative estimate of drug-likeness (QED) is 0.805. The Hall–Kier alpha value is -1.55. The van der Waals surface area contributed by atoms with Crippen LogP contribution < -0.4 is 10.1 Å². The lowest BCUT2D eigenvalue weighted by molar-refractivity contribution is -0.123. The van der Waals surface area contributed by atoms with Crippen LogP contribution in [0.25, 0.3) is 0 Å². The predicted molar refractivity (Wildman–Crippen MR) is 80.1 cm³/mol. The van der Waals surface area contributed by atoms with Crippen LogP contribution in [-0.4, -0.2) is 30.3 Å². The van der Waals surface area contributed by atoms with E-state index in [2.05, 4.69) is 5.32 Å². The van der Waals surface area contributed by atoms with Gasteiger partial charge in [0.15, 0.2) is 6.61 Å². The van der Waals surface area contributed by atoms with Crippen LogP contribution in [0.1, 0.15) is 36.5 Å². The van der Waals surface area contributed by atoms with Gasteiger partial charge >= 0.3 is 0 Å². The minimum Gasteiger partial charge on any atom is -0.483 e. The average Bonchev–Trinajstić information content (AvgIpc) is 2.35. The molecule has 0 bridgehead atoms. The van der Waals surface area contributed by atoms with Crippen molar-refractivity contribution >= 4 is 5.91 Å². The van der Waals surface area contributed by atoms with Gasteiger partial charge in [0.25, 0.3) is 5.91 Å². The van der Waals surface area contributed by atoms with E-state index in [0.29, 0.717) is 6.42 Å². The van der Waals surface area contributed by atoms with E-state index < -0.39 is 6.10 Å². The van der Waals surface area contributed by atoms with Crippen molar-refractivity contribution in [3.05, 3.63) is 28.8 Å². The fraction of sp³-hybridized carbons (Fsp3) is 0.562. The van der Waals surface area contributed by atoms with E-state index in [9.17, 15) is 9.90 Å². The molecule has 20 heavy (non-hydrogen) atoms. The third-order valence-corrected chi connectivity index (χ3v) is 3.11. The second-order valence-corrected chi connectivity index (χ2v) is 5.26. The van der Waals surface area contributed by atoms with Gasteiger partial charge in [-0.05, 0) is 38.3 Å². The molecule has 112 valence electrons. The summed E-state index contributed by atoms with van der Waals surface area (Å²) in [4.78, 5) is 11.7. The summed E-state index contributed by atoms with van der Waals surface area (Å²) in [7, 11) is 0. The maximum absolute atomic E-state index is 11.7. The number of aryl methyl sites for hydroxylation is 3. The lowest BCUT2D eigenvalue weighted by atomic mass is 10.1. The van der Waals surface area contributed by atoms with Crippen LogP contribution in [0.15, 0.2) is 12.1 Å².